The lowest BCUT2D eigenvalue weighted by molar-refractivity contribution is 0.102. The van der Waals surface area contributed by atoms with Crippen molar-refractivity contribution in [2.24, 2.45) is 0 Å². The zero-order chi connectivity index (χ0) is 20.2. The van der Waals surface area contributed by atoms with Gasteiger partial charge in [0.15, 0.2) is 0 Å². The summed E-state index contributed by atoms with van der Waals surface area (Å²) in [7, 11) is -4.90. The van der Waals surface area contributed by atoms with Crippen LogP contribution in [0, 0.1) is 0 Å². The van der Waals surface area contributed by atoms with Gasteiger partial charge >= 0.3 is 0 Å². The molecule has 2 rings (SSSR count). The molecule has 0 aliphatic heterocycles. The largest absolute Gasteiger partial charge is 0.322 e. The number of rotatable bonds is 7. The Morgan fingerprint density at radius 1 is 1.15 bits per heavy atom. The number of amides is 1. The highest BCUT2D eigenvalue weighted by Gasteiger charge is 2.24. The second kappa shape index (κ2) is 8.97. The number of benzene rings is 2. The molecule has 1 amide bonds. The minimum absolute atomic E-state index is 0.00385. The van der Waals surface area contributed by atoms with Gasteiger partial charge in [-0.3, -0.25) is 9.00 Å². The Morgan fingerprint density at radius 3 is 2.41 bits per heavy atom. The summed E-state index contributed by atoms with van der Waals surface area (Å²) >= 11 is 6.12. The maximum absolute atomic E-state index is 12.7. The SMILES string of the molecule is CCN(CC)S(=O)(=O)c1ccc(Cl)c(C(=O)Nc2cccc(S(C)=O)c2)c1. The zero-order valence-electron chi connectivity index (χ0n) is 15.2. The molecule has 2 aromatic rings. The van der Waals surface area contributed by atoms with Crippen LogP contribution in [-0.2, 0) is 20.8 Å². The third-order valence-corrected chi connectivity index (χ3v) is 7.24. The van der Waals surface area contributed by atoms with Gasteiger partial charge in [-0.1, -0.05) is 31.5 Å². The highest BCUT2D eigenvalue weighted by atomic mass is 35.5. The molecule has 146 valence electrons. The average Bonchev–Trinajstić information content (AvgIpc) is 2.62. The van der Waals surface area contributed by atoms with Crippen molar-refractivity contribution in [3.05, 3.63) is 53.1 Å². The number of carbonyl (C=O) groups excluding carboxylic acids is 1. The third-order valence-electron chi connectivity index (χ3n) is 3.95. The molecule has 6 nitrogen and oxygen atoms in total. The van der Waals surface area contributed by atoms with Gasteiger partial charge in [0.05, 0.1) is 15.5 Å². The summed E-state index contributed by atoms with van der Waals surface area (Å²) in [6.45, 7) is 4.14. The molecule has 0 saturated heterocycles. The number of anilines is 1. The van der Waals surface area contributed by atoms with E-state index < -0.39 is 26.7 Å². The standard InChI is InChI=1S/C18H21ClN2O4S2/c1-4-21(5-2)27(24,25)15-9-10-17(19)16(12-15)18(22)20-13-7-6-8-14(11-13)26(3)23/h6-12H,4-5H2,1-3H3,(H,20,22). The molecule has 9 heteroatoms. The first-order chi connectivity index (χ1) is 12.7. The van der Waals surface area contributed by atoms with Gasteiger partial charge in [-0.2, -0.15) is 4.31 Å². The van der Waals surface area contributed by atoms with E-state index in [0.29, 0.717) is 23.7 Å². The monoisotopic (exact) mass is 428 g/mol. The van der Waals surface area contributed by atoms with Crippen molar-refractivity contribution in [1.29, 1.82) is 0 Å². The Morgan fingerprint density at radius 2 is 1.81 bits per heavy atom. The first-order valence-electron chi connectivity index (χ1n) is 8.25. The van der Waals surface area contributed by atoms with Gasteiger partial charge in [0.25, 0.3) is 5.91 Å². The molecule has 0 heterocycles. The molecule has 1 unspecified atom stereocenters. The topological polar surface area (TPSA) is 83.6 Å². The predicted molar refractivity (Wildman–Crippen MR) is 108 cm³/mol. The number of nitrogens with zero attached hydrogens (tertiary/aromatic N) is 1. The van der Waals surface area contributed by atoms with Crippen LogP contribution in [0.5, 0.6) is 0 Å². The second-order valence-corrected chi connectivity index (χ2v) is 9.39. The van der Waals surface area contributed by atoms with Crippen LogP contribution in [-0.4, -0.2) is 42.2 Å². The van der Waals surface area contributed by atoms with Crippen LogP contribution < -0.4 is 5.32 Å². The average molecular weight is 429 g/mol. The number of sulfonamides is 1. The van der Waals surface area contributed by atoms with Crippen molar-refractivity contribution >= 4 is 44.0 Å². The van der Waals surface area contributed by atoms with Crippen LogP contribution in [0.3, 0.4) is 0 Å². The van der Waals surface area contributed by atoms with Crippen molar-refractivity contribution in [3.63, 3.8) is 0 Å². The van der Waals surface area contributed by atoms with Gasteiger partial charge in [-0.25, -0.2) is 8.42 Å². The van der Waals surface area contributed by atoms with E-state index in [1.165, 1.54) is 22.5 Å². The van der Waals surface area contributed by atoms with E-state index in [-0.39, 0.29) is 15.5 Å². The Bertz CT molecular complexity index is 973. The van der Waals surface area contributed by atoms with Gasteiger partial charge in [0.2, 0.25) is 10.0 Å². The van der Waals surface area contributed by atoms with E-state index in [1.54, 1.807) is 44.4 Å². The minimum atomic E-state index is -3.71. The van der Waals surface area contributed by atoms with Crippen LogP contribution in [0.2, 0.25) is 5.02 Å². The smallest absolute Gasteiger partial charge is 0.257 e. The van der Waals surface area contributed by atoms with Crippen LogP contribution in [0.4, 0.5) is 5.69 Å². The van der Waals surface area contributed by atoms with Gasteiger partial charge in [-0.05, 0) is 36.4 Å². The predicted octanol–water partition coefficient (Wildman–Crippen LogP) is 3.36. The van der Waals surface area contributed by atoms with Crippen molar-refractivity contribution in [1.82, 2.24) is 4.31 Å². The van der Waals surface area contributed by atoms with E-state index in [4.69, 9.17) is 11.6 Å². The minimum Gasteiger partial charge on any atom is -0.322 e. The molecular formula is C18H21ClN2O4S2. The van der Waals surface area contributed by atoms with Crippen LogP contribution >= 0.6 is 11.6 Å². The fourth-order valence-electron chi connectivity index (χ4n) is 2.50. The Hall–Kier alpha value is -1.74. The van der Waals surface area contributed by atoms with E-state index in [0.717, 1.165) is 0 Å². The lowest BCUT2D eigenvalue weighted by atomic mass is 10.2. The first-order valence-corrected chi connectivity index (χ1v) is 11.6. The summed E-state index contributed by atoms with van der Waals surface area (Å²) in [5.74, 6) is -0.546. The fraction of sp³-hybridized carbons (Fsp3) is 0.278. The number of carbonyl (C=O) groups is 1. The van der Waals surface area contributed by atoms with E-state index in [1.807, 2.05) is 0 Å². The van der Waals surface area contributed by atoms with Crippen LogP contribution in [0.1, 0.15) is 24.2 Å². The Labute approximate surface area is 167 Å². The molecule has 0 bridgehead atoms. The van der Waals surface area contributed by atoms with E-state index in [2.05, 4.69) is 5.32 Å². The summed E-state index contributed by atoms with van der Waals surface area (Å²) in [4.78, 5) is 13.2. The van der Waals surface area contributed by atoms with Crippen LogP contribution in [0.25, 0.3) is 0 Å². The number of hydrogen-bond acceptors (Lipinski definition) is 4. The summed E-state index contributed by atoms with van der Waals surface area (Å²) in [5.41, 5.74) is 0.494. The van der Waals surface area contributed by atoms with Gasteiger partial charge in [0.1, 0.15) is 0 Å². The first kappa shape index (κ1) is 21.6. The summed E-state index contributed by atoms with van der Waals surface area (Å²) in [6.07, 6.45) is 1.54. The summed E-state index contributed by atoms with van der Waals surface area (Å²) < 4.78 is 38.2. The summed E-state index contributed by atoms with van der Waals surface area (Å²) in [6, 6.07) is 10.7. The molecule has 0 saturated carbocycles. The molecule has 0 aliphatic rings. The fourth-order valence-corrected chi connectivity index (χ4v) is 4.75. The molecule has 0 radical (unpaired) electrons. The molecule has 1 N–H and O–H groups in total. The molecule has 0 spiro atoms. The highest BCUT2D eigenvalue weighted by Crippen LogP contribution is 2.24. The quantitative estimate of drug-likeness (QED) is 0.732. The van der Waals surface area contributed by atoms with E-state index in [9.17, 15) is 17.4 Å². The second-order valence-electron chi connectivity index (χ2n) is 5.67. The molecule has 27 heavy (non-hydrogen) atoms. The lowest BCUT2D eigenvalue weighted by Gasteiger charge is -2.19. The molecule has 0 aliphatic carbocycles. The Balaban J connectivity index is 2.37. The van der Waals surface area contributed by atoms with Crippen molar-refractivity contribution < 1.29 is 17.4 Å². The van der Waals surface area contributed by atoms with Crippen LogP contribution in [0.15, 0.2) is 52.3 Å². The molecule has 1 atom stereocenters. The maximum Gasteiger partial charge on any atom is 0.257 e. The lowest BCUT2D eigenvalue weighted by Crippen LogP contribution is -2.30. The molecule has 2 aromatic carbocycles. The van der Waals surface area contributed by atoms with Crippen molar-refractivity contribution in [2.75, 3.05) is 24.7 Å². The highest BCUT2D eigenvalue weighted by molar-refractivity contribution is 7.89. The zero-order valence-corrected chi connectivity index (χ0v) is 17.6. The normalized spacial score (nSPS) is 12.8. The molecular weight excluding hydrogens is 408 g/mol. The number of hydrogen-bond donors (Lipinski definition) is 1. The number of halogens is 1. The van der Waals surface area contributed by atoms with Gasteiger partial charge in [0, 0.05) is 40.7 Å². The van der Waals surface area contributed by atoms with E-state index >= 15 is 0 Å². The van der Waals surface area contributed by atoms with Crippen molar-refractivity contribution in [3.8, 4) is 0 Å². The third kappa shape index (κ3) is 4.95. The van der Waals surface area contributed by atoms with Gasteiger partial charge in [-0.15, -0.1) is 0 Å². The van der Waals surface area contributed by atoms with Gasteiger partial charge < -0.3 is 5.32 Å². The molecule has 0 fully saturated rings. The Kier molecular flexibility index (Phi) is 7.16. The summed E-state index contributed by atoms with van der Waals surface area (Å²) in [5, 5.41) is 2.80. The maximum atomic E-state index is 12.7. The number of nitrogens with one attached hydrogen (secondary N) is 1. The van der Waals surface area contributed by atoms with Crippen molar-refractivity contribution in [2.45, 2.75) is 23.6 Å². The molecule has 0 aromatic heterocycles.